The maximum atomic E-state index is 12.1. The Labute approximate surface area is 113 Å². The molecular weight excluding hydrogens is 274 g/mol. The van der Waals surface area contributed by atoms with E-state index >= 15 is 0 Å². The first kappa shape index (κ1) is 14.1. The molecule has 0 aromatic heterocycles. The second kappa shape index (κ2) is 5.00. The first-order chi connectivity index (χ1) is 8.33. The second-order valence-electron chi connectivity index (χ2n) is 5.72. The van der Waals surface area contributed by atoms with E-state index in [-0.39, 0.29) is 24.4 Å². The van der Waals surface area contributed by atoms with Crippen molar-refractivity contribution in [2.45, 2.75) is 62.7 Å². The molecule has 1 saturated carbocycles. The number of hydrogen-bond donors (Lipinski definition) is 0. The Morgan fingerprint density at radius 1 is 1.22 bits per heavy atom. The van der Waals surface area contributed by atoms with Crippen molar-refractivity contribution in [3.05, 3.63) is 0 Å². The number of amides is 1. The molecule has 0 aromatic rings. The second-order valence-corrected chi connectivity index (χ2v) is 8.63. The van der Waals surface area contributed by atoms with Gasteiger partial charge in [-0.3, -0.25) is 4.79 Å². The molecule has 0 spiro atoms. The lowest BCUT2D eigenvalue weighted by molar-refractivity contribution is -0.133. The van der Waals surface area contributed by atoms with E-state index in [2.05, 4.69) is 6.92 Å². The van der Waals surface area contributed by atoms with Crippen molar-refractivity contribution in [1.29, 1.82) is 0 Å². The summed E-state index contributed by atoms with van der Waals surface area (Å²) in [5.74, 6) is -0.0615. The highest BCUT2D eigenvalue weighted by atomic mass is 35.7. The van der Waals surface area contributed by atoms with Crippen LogP contribution in [0.2, 0.25) is 0 Å². The van der Waals surface area contributed by atoms with Gasteiger partial charge in [-0.15, -0.1) is 0 Å². The van der Waals surface area contributed by atoms with Crippen molar-refractivity contribution in [3.8, 4) is 0 Å². The Morgan fingerprint density at radius 2 is 1.78 bits per heavy atom. The summed E-state index contributed by atoms with van der Waals surface area (Å²) in [6.45, 7) is 2.35. The Kier molecular flexibility index (Phi) is 3.93. The molecule has 2 fully saturated rings. The molecule has 2 aliphatic rings. The van der Waals surface area contributed by atoms with Gasteiger partial charge in [0.15, 0.2) is 0 Å². The van der Waals surface area contributed by atoms with E-state index in [1.165, 1.54) is 12.8 Å². The van der Waals surface area contributed by atoms with Crippen LogP contribution in [-0.4, -0.2) is 36.6 Å². The van der Waals surface area contributed by atoms with Crippen LogP contribution in [0.25, 0.3) is 0 Å². The summed E-state index contributed by atoms with van der Waals surface area (Å²) < 4.78 is 22.7. The quantitative estimate of drug-likeness (QED) is 0.580. The molecule has 1 unspecified atom stereocenters. The number of nitrogens with zero attached hydrogens (tertiary/aromatic N) is 1. The van der Waals surface area contributed by atoms with Gasteiger partial charge in [0, 0.05) is 29.2 Å². The third-order valence-corrected chi connectivity index (χ3v) is 6.19. The zero-order valence-electron chi connectivity index (χ0n) is 10.7. The number of hydrogen-bond acceptors (Lipinski definition) is 3. The molecule has 1 heterocycles. The topological polar surface area (TPSA) is 54.5 Å². The van der Waals surface area contributed by atoms with Gasteiger partial charge in [-0.25, -0.2) is 8.42 Å². The van der Waals surface area contributed by atoms with E-state index in [0.717, 1.165) is 25.7 Å². The molecular formula is C12H20ClNO3S. The highest BCUT2D eigenvalue weighted by molar-refractivity contribution is 8.14. The van der Waals surface area contributed by atoms with Gasteiger partial charge < -0.3 is 4.90 Å². The van der Waals surface area contributed by atoms with Crippen molar-refractivity contribution in [1.82, 2.24) is 4.90 Å². The fourth-order valence-corrected chi connectivity index (χ4v) is 4.17. The van der Waals surface area contributed by atoms with E-state index in [4.69, 9.17) is 10.7 Å². The molecule has 1 amide bonds. The van der Waals surface area contributed by atoms with Gasteiger partial charge in [0.25, 0.3) is 0 Å². The lowest BCUT2D eigenvalue weighted by atomic mass is 9.91. The molecule has 0 aromatic carbocycles. The van der Waals surface area contributed by atoms with Crippen LogP contribution in [-0.2, 0) is 13.8 Å². The Morgan fingerprint density at radius 3 is 2.22 bits per heavy atom. The van der Waals surface area contributed by atoms with Gasteiger partial charge in [-0.1, -0.05) is 25.7 Å². The van der Waals surface area contributed by atoms with Crippen LogP contribution >= 0.6 is 10.7 Å². The number of carbonyl (C=O) groups is 1. The maximum absolute atomic E-state index is 12.1. The molecule has 0 bridgehead atoms. The van der Waals surface area contributed by atoms with Gasteiger partial charge >= 0.3 is 0 Å². The summed E-state index contributed by atoms with van der Waals surface area (Å²) in [7, 11) is 1.75. The van der Waals surface area contributed by atoms with Crippen molar-refractivity contribution >= 4 is 25.6 Å². The summed E-state index contributed by atoms with van der Waals surface area (Å²) in [4.78, 5) is 13.8. The molecule has 1 aliphatic heterocycles. The lowest BCUT2D eigenvalue weighted by Gasteiger charge is -2.38. The lowest BCUT2D eigenvalue weighted by Crippen LogP contribution is -2.47. The van der Waals surface area contributed by atoms with Gasteiger partial charge in [-0.05, 0) is 19.8 Å². The molecule has 2 rings (SSSR count). The van der Waals surface area contributed by atoms with Crippen LogP contribution in [0.3, 0.4) is 0 Å². The molecule has 1 aliphatic carbocycles. The van der Waals surface area contributed by atoms with Crippen molar-refractivity contribution < 1.29 is 13.2 Å². The van der Waals surface area contributed by atoms with Crippen LogP contribution in [0.4, 0.5) is 0 Å². The summed E-state index contributed by atoms with van der Waals surface area (Å²) >= 11 is 0. The molecule has 0 N–H and O–H groups in total. The number of halogens is 1. The Bertz CT molecular complexity index is 427. The predicted molar refractivity (Wildman–Crippen MR) is 71.0 cm³/mol. The highest BCUT2D eigenvalue weighted by Gasteiger charge is 2.45. The summed E-state index contributed by atoms with van der Waals surface area (Å²) in [5.41, 5.74) is -0.177. The zero-order chi connectivity index (χ0) is 13.4. The predicted octanol–water partition coefficient (Wildman–Crippen LogP) is 2.27. The van der Waals surface area contributed by atoms with Gasteiger partial charge in [-0.2, -0.15) is 0 Å². The normalized spacial score (nSPS) is 29.3. The average Bonchev–Trinajstić information content (AvgIpc) is 2.53. The van der Waals surface area contributed by atoms with Crippen LogP contribution < -0.4 is 0 Å². The maximum Gasteiger partial charge on any atom is 0.237 e. The van der Waals surface area contributed by atoms with Crippen molar-refractivity contribution in [3.63, 3.8) is 0 Å². The number of carbonyl (C=O) groups excluding carboxylic acids is 1. The molecule has 6 heteroatoms. The van der Waals surface area contributed by atoms with Gasteiger partial charge in [0.05, 0.1) is 0 Å². The number of likely N-dealkylation sites (tertiary alicyclic amines) is 1. The monoisotopic (exact) mass is 293 g/mol. The SMILES string of the molecule is CC1(N2CC(S(=O)(=O)Cl)CC2=O)CCCCCC1. The molecule has 104 valence electrons. The standard InChI is InChI=1S/C12H20ClNO3S/c1-12(6-4-2-3-5-7-12)14-9-10(8-11(14)15)18(13,16)17/h10H,2-9H2,1H3. The average molecular weight is 294 g/mol. The molecule has 1 atom stereocenters. The molecule has 18 heavy (non-hydrogen) atoms. The van der Waals surface area contributed by atoms with E-state index in [9.17, 15) is 13.2 Å². The highest BCUT2D eigenvalue weighted by Crippen LogP contribution is 2.36. The minimum atomic E-state index is -3.63. The van der Waals surface area contributed by atoms with E-state index in [1.54, 1.807) is 4.90 Å². The van der Waals surface area contributed by atoms with Gasteiger partial charge in [0.1, 0.15) is 5.25 Å². The fourth-order valence-electron chi connectivity index (χ4n) is 3.15. The van der Waals surface area contributed by atoms with Crippen molar-refractivity contribution in [2.75, 3.05) is 6.54 Å². The van der Waals surface area contributed by atoms with E-state index in [1.807, 2.05) is 0 Å². The smallest absolute Gasteiger partial charge is 0.237 e. The van der Waals surface area contributed by atoms with Crippen LogP contribution in [0.5, 0.6) is 0 Å². The van der Waals surface area contributed by atoms with Crippen LogP contribution in [0, 0.1) is 0 Å². The summed E-state index contributed by atoms with van der Waals surface area (Å²) in [6.07, 6.45) is 6.60. The third-order valence-electron chi connectivity index (χ3n) is 4.32. The minimum absolute atomic E-state index is 0.0431. The zero-order valence-corrected chi connectivity index (χ0v) is 12.3. The van der Waals surface area contributed by atoms with Crippen molar-refractivity contribution in [2.24, 2.45) is 0 Å². The molecule has 0 radical (unpaired) electrons. The molecule has 1 saturated heterocycles. The summed E-state index contributed by atoms with van der Waals surface area (Å²) in [6, 6.07) is 0. The summed E-state index contributed by atoms with van der Waals surface area (Å²) in [5, 5.41) is -0.730. The first-order valence-electron chi connectivity index (χ1n) is 6.57. The van der Waals surface area contributed by atoms with E-state index in [0.29, 0.717) is 0 Å². The Hall–Kier alpha value is -0.290. The van der Waals surface area contributed by atoms with E-state index < -0.39 is 14.3 Å². The van der Waals surface area contributed by atoms with Crippen LogP contribution in [0.1, 0.15) is 51.9 Å². The minimum Gasteiger partial charge on any atom is -0.336 e. The largest absolute Gasteiger partial charge is 0.336 e. The number of rotatable bonds is 2. The first-order valence-corrected chi connectivity index (χ1v) is 8.94. The fraction of sp³-hybridized carbons (Fsp3) is 0.917. The molecule has 4 nitrogen and oxygen atoms in total. The van der Waals surface area contributed by atoms with Crippen LogP contribution in [0.15, 0.2) is 0 Å². The van der Waals surface area contributed by atoms with Gasteiger partial charge in [0.2, 0.25) is 15.0 Å². The third kappa shape index (κ3) is 2.82. The Balaban J connectivity index is 2.15.